The van der Waals surface area contributed by atoms with Crippen LogP contribution >= 0.6 is 23.2 Å². The molecule has 0 unspecified atom stereocenters. The van der Waals surface area contributed by atoms with E-state index in [9.17, 15) is 8.42 Å². The van der Waals surface area contributed by atoms with Gasteiger partial charge in [-0.1, -0.05) is 53.5 Å². The average Bonchev–Trinajstić information content (AvgIpc) is 2.43. The number of halogens is 2. The van der Waals surface area contributed by atoms with Crippen molar-refractivity contribution in [2.75, 3.05) is 0 Å². The van der Waals surface area contributed by atoms with Crippen LogP contribution in [0.1, 0.15) is 24.1 Å². The van der Waals surface area contributed by atoms with Crippen molar-refractivity contribution in [2.45, 2.75) is 24.8 Å². The van der Waals surface area contributed by atoms with E-state index >= 15 is 0 Å². The molecule has 0 aliphatic rings. The fourth-order valence-corrected chi connectivity index (χ4v) is 4.01. The highest BCUT2D eigenvalue weighted by atomic mass is 35.5. The van der Waals surface area contributed by atoms with Gasteiger partial charge < -0.3 is 0 Å². The summed E-state index contributed by atoms with van der Waals surface area (Å²) in [7, 11) is -3.72. The fourth-order valence-electron chi connectivity index (χ4n) is 1.94. The summed E-state index contributed by atoms with van der Waals surface area (Å²) in [6.45, 7) is 3.52. The Labute approximate surface area is 135 Å². The fraction of sp³-hybridized carbons (Fsp3) is 0.200. The van der Waals surface area contributed by atoms with E-state index in [1.54, 1.807) is 13.8 Å². The second-order valence-electron chi connectivity index (χ2n) is 4.79. The molecule has 0 aromatic heterocycles. The Morgan fingerprint density at radius 1 is 1.05 bits per heavy atom. The molecule has 2 aromatic rings. The second-order valence-corrected chi connectivity index (χ2v) is 7.28. The topological polar surface area (TPSA) is 46.2 Å². The number of sulfonamides is 1. The Balaban J connectivity index is 2.33. The van der Waals surface area contributed by atoms with Crippen LogP contribution in [-0.2, 0) is 10.0 Å². The van der Waals surface area contributed by atoms with Gasteiger partial charge >= 0.3 is 0 Å². The standard InChI is InChI=1S/C15H15Cl2NO2S/c1-10-8-15(14(17)9-13(10)16)21(19,20)18-11(2)12-6-4-3-5-7-12/h3-9,11,18H,1-2H3/t11-/m1/s1. The molecule has 0 amide bonds. The molecule has 0 bridgehead atoms. The molecule has 3 nitrogen and oxygen atoms in total. The number of nitrogens with one attached hydrogen (secondary N) is 1. The van der Waals surface area contributed by atoms with Crippen LogP contribution in [-0.4, -0.2) is 8.42 Å². The molecule has 112 valence electrons. The van der Waals surface area contributed by atoms with Crippen molar-refractivity contribution in [1.29, 1.82) is 0 Å². The van der Waals surface area contributed by atoms with Gasteiger partial charge in [-0.25, -0.2) is 13.1 Å². The zero-order valence-corrected chi connectivity index (χ0v) is 13.9. The van der Waals surface area contributed by atoms with E-state index in [4.69, 9.17) is 23.2 Å². The molecule has 1 atom stereocenters. The first-order valence-electron chi connectivity index (χ1n) is 6.34. The predicted molar refractivity (Wildman–Crippen MR) is 86.4 cm³/mol. The molecule has 0 spiro atoms. The molecule has 0 fully saturated rings. The van der Waals surface area contributed by atoms with Crippen molar-refractivity contribution in [3.63, 3.8) is 0 Å². The molecule has 0 heterocycles. The summed E-state index contributed by atoms with van der Waals surface area (Å²) in [4.78, 5) is 0.0360. The molecule has 0 aliphatic heterocycles. The van der Waals surface area contributed by atoms with Crippen LogP contribution in [0.5, 0.6) is 0 Å². The zero-order valence-electron chi connectivity index (χ0n) is 11.6. The van der Waals surface area contributed by atoms with Gasteiger partial charge in [0, 0.05) is 11.1 Å². The van der Waals surface area contributed by atoms with Gasteiger partial charge in [-0.3, -0.25) is 0 Å². The zero-order chi connectivity index (χ0) is 15.6. The first kappa shape index (κ1) is 16.3. The molecule has 21 heavy (non-hydrogen) atoms. The van der Waals surface area contributed by atoms with Gasteiger partial charge in [0.2, 0.25) is 10.0 Å². The van der Waals surface area contributed by atoms with Crippen molar-refractivity contribution >= 4 is 33.2 Å². The van der Waals surface area contributed by atoms with Crippen LogP contribution in [0.25, 0.3) is 0 Å². The Morgan fingerprint density at radius 3 is 2.29 bits per heavy atom. The van der Waals surface area contributed by atoms with E-state index in [0.717, 1.165) is 5.56 Å². The number of benzene rings is 2. The van der Waals surface area contributed by atoms with Gasteiger partial charge in [0.25, 0.3) is 0 Å². The summed E-state index contributed by atoms with van der Waals surface area (Å²) in [5.74, 6) is 0. The Kier molecular flexibility index (Phi) is 4.94. The van der Waals surface area contributed by atoms with Crippen molar-refractivity contribution in [3.8, 4) is 0 Å². The van der Waals surface area contributed by atoms with Crippen molar-refractivity contribution in [2.24, 2.45) is 0 Å². The van der Waals surface area contributed by atoms with Gasteiger partial charge in [-0.15, -0.1) is 0 Å². The number of rotatable bonds is 4. The number of aryl methyl sites for hydroxylation is 1. The second kappa shape index (κ2) is 6.36. The summed E-state index contributed by atoms with van der Waals surface area (Å²) < 4.78 is 27.5. The molecule has 0 radical (unpaired) electrons. The minimum absolute atomic E-state index is 0.0360. The summed E-state index contributed by atoms with van der Waals surface area (Å²) in [5, 5.41) is 0.549. The summed E-state index contributed by atoms with van der Waals surface area (Å²) in [6.07, 6.45) is 0. The SMILES string of the molecule is Cc1cc(S(=O)(=O)N[C@H](C)c2ccccc2)c(Cl)cc1Cl. The van der Waals surface area contributed by atoms with Crippen LogP contribution in [0, 0.1) is 6.92 Å². The molecule has 0 aliphatic carbocycles. The van der Waals surface area contributed by atoms with Crippen LogP contribution < -0.4 is 4.72 Å². The lowest BCUT2D eigenvalue weighted by Crippen LogP contribution is -2.27. The largest absolute Gasteiger partial charge is 0.242 e. The molecule has 2 rings (SSSR count). The van der Waals surface area contributed by atoms with Crippen LogP contribution in [0.2, 0.25) is 10.0 Å². The predicted octanol–water partition coefficient (Wildman–Crippen LogP) is 4.34. The Hall–Kier alpha value is -1.07. The quantitative estimate of drug-likeness (QED) is 0.897. The van der Waals surface area contributed by atoms with E-state index in [0.29, 0.717) is 10.6 Å². The van der Waals surface area contributed by atoms with Gasteiger partial charge in [-0.2, -0.15) is 0 Å². The van der Waals surface area contributed by atoms with Crippen molar-refractivity contribution in [1.82, 2.24) is 4.72 Å². The van der Waals surface area contributed by atoms with Crippen molar-refractivity contribution < 1.29 is 8.42 Å². The van der Waals surface area contributed by atoms with E-state index in [2.05, 4.69) is 4.72 Å². The normalized spacial score (nSPS) is 13.1. The van der Waals surface area contributed by atoms with E-state index < -0.39 is 10.0 Å². The Bertz CT molecular complexity index is 746. The first-order chi connectivity index (χ1) is 9.81. The highest BCUT2D eigenvalue weighted by Crippen LogP contribution is 2.29. The summed E-state index contributed by atoms with van der Waals surface area (Å²) in [5.41, 5.74) is 1.54. The summed E-state index contributed by atoms with van der Waals surface area (Å²) >= 11 is 11.9. The highest BCUT2D eigenvalue weighted by Gasteiger charge is 2.22. The van der Waals surface area contributed by atoms with E-state index in [1.807, 2.05) is 30.3 Å². The molecule has 6 heteroatoms. The molecule has 1 N–H and O–H groups in total. The minimum Gasteiger partial charge on any atom is -0.207 e. The smallest absolute Gasteiger partial charge is 0.207 e. The van der Waals surface area contributed by atoms with Crippen LogP contribution in [0.3, 0.4) is 0 Å². The number of hydrogen-bond donors (Lipinski definition) is 1. The Morgan fingerprint density at radius 2 is 1.67 bits per heavy atom. The van der Waals surface area contributed by atoms with E-state index in [1.165, 1.54) is 12.1 Å². The van der Waals surface area contributed by atoms with Crippen LogP contribution in [0.15, 0.2) is 47.4 Å². The van der Waals surface area contributed by atoms with Gasteiger partial charge in [0.15, 0.2) is 0 Å². The van der Waals surface area contributed by atoms with Gasteiger partial charge in [-0.05, 0) is 37.1 Å². The maximum absolute atomic E-state index is 12.5. The number of hydrogen-bond acceptors (Lipinski definition) is 2. The highest BCUT2D eigenvalue weighted by molar-refractivity contribution is 7.89. The average molecular weight is 344 g/mol. The summed E-state index contributed by atoms with van der Waals surface area (Å²) in [6, 6.07) is 11.9. The maximum Gasteiger partial charge on any atom is 0.242 e. The maximum atomic E-state index is 12.5. The third-order valence-corrected chi connectivity index (χ3v) is 5.55. The van der Waals surface area contributed by atoms with Crippen molar-refractivity contribution in [3.05, 3.63) is 63.6 Å². The lowest BCUT2D eigenvalue weighted by atomic mass is 10.1. The molecular formula is C15H15Cl2NO2S. The third kappa shape index (κ3) is 3.77. The first-order valence-corrected chi connectivity index (χ1v) is 8.58. The molecule has 0 saturated carbocycles. The molecule has 2 aromatic carbocycles. The minimum atomic E-state index is -3.72. The lowest BCUT2D eigenvalue weighted by Gasteiger charge is -2.16. The van der Waals surface area contributed by atoms with E-state index in [-0.39, 0.29) is 16.0 Å². The third-order valence-electron chi connectivity index (χ3n) is 3.13. The monoisotopic (exact) mass is 343 g/mol. The van der Waals surface area contributed by atoms with Gasteiger partial charge in [0.1, 0.15) is 4.90 Å². The lowest BCUT2D eigenvalue weighted by molar-refractivity contribution is 0.567. The molecular weight excluding hydrogens is 329 g/mol. The van der Waals surface area contributed by atoms with Gasteiger partial charge in [0.05, 0.1) is 5.02 Å². The molecule has 0 saturated heterocycles. The van der Waals surface area contributed by atoms with Crippen LogP contribution in [0.4, 0.5) is 0 Å².